The molecule has 1 aliphatic carbocycles. The van der Waals surface area contributed by atoms with Gasteiger partial charge in [-0.15, -0.1) is 0 Å². The van der Waals surface area contributed by atoms with Crippen molar-refractivity contribution in [1.29, 1.82) is 0 Å². The molecule has 2 rings (SSSR count). The summed E-state index contributed by atoms with van der Waals surface area (Å²) in [5, 5.41) is 13.8. The van der Waals surface area contributed by atoms with Crippen LogP contribution in [0.2, 0.25) is 0 Å². The first-order valence-corrected chi connectivity index (χ1v) is 7.41. The Hall–Kier alpha value is -1.40. The summed E-state index contributed by atoms with van der Waals surface area (Å²) in [6.45, 7) is 5.30. The summed E-state index contributed by atoms with van der Waals surface area (Å²) in [6.07, 6.45) is 3.68. The highest BCUT2D eigenvalue weighted by Crippen LogP contribution is 2.40. The van der Waals surface area contributed by atoms with Crippen LogP contribution in [0.3, 0.4) is 0 Å². The summed E-state index contributed by atoms with van der Waals surface area (Å²) in [4.78, 5) is 8.42. The van der Waals surface area contributed by atoms with E-state index in [4.69, 9.17) is 10.5 Å². The van der Waals surface area contributed by atoms with Gasteiger partial charge in [0, 0.05) is 19.7 Å². The summed E-state index contributed by atoms with van der Waals surface area (Å²) in [5.74, 6) is 1.57. The monoisotopic (exact) mass is 294 g/mol. The lowest BCUT2D eigenvalue weighted by Crippen LogP contribution is -2.42. The lowest BCUT2D eigenvalue weighted by Gasteiger charge is -2.40. The van der Waals surface area contributed by atoms with Crippen molar-refractivity contribution in [2.75, 3.05) is 24.7 Å². The van der Waals surface area contributed by atoms with E-state index >= 15 is 0 Å². The maximum atomic E-state index is 10.6. The van der Waals surface area contributed by atoms with Gasteiger partial charge in [0.15, 0.2) is 5.82 Å². The molecule has 4 N–H and O–H groups in total. The molecule has 118 valence electrons. The number of nitrogens with one attached hydrogen (secondary N) is 1. The Bertz CT molecular complexity index is 481. The fourth-order valence-electron chi connectivity index (χ4n) is 2.63. The topological polar surface area (TPSA) is 93.3 Å². The number of ether oxygens (including phenoxy) is 1. The summed E-state index contributed by atoms with van der Waals surface area (Å²) >= 11 is 0. The van der Waals surface area contributed by atoms with Crippen LogP contribution >= 0.6 is 0 Å². The SMILES string of the molecule is COCc1nc(N)cc(NCC2(O)CCC(C)(C)CC2)n1. The number of aromatic nitrogens is 2. The van der Waals surface area contributed by atoms with Crippen LogP contribution in [-0.4, -0.2) is 34.3 Å². The molecule has 0 atom stereocenters. The number of methoxy groups -OCH3 is 1. The second-order valence-corrected chi connectivity index (χ2v) is 6.77. The highest BCUT2D eigenvalue weighted by molar-refractivity contribution is 5.44. The Labute approximate surface area is 126 Å². The molecule has 1 aromatic heterocycles. The van der Waals surface area contributed by atoms with Crippen molar-refractivity contribution in [2.24, 2.45) is 5.41 Å². The first kappa shape index (κ1) is 16.0. The summed E-state index contributed by atoms with van der Waals surface area (Å²) in [6, 6.07) is 1.68. The Kier molecular flexibility index (Phi) is 4.68. The average molecular weight is 294 g/mol. The molecule has 0 bridgehead atoms. The molecule has 6 heteroatoms. The molecule has 0 aliphatic heterocycles. The van der Waals surface area contributed by atoms with E-state index in [0.717, 1.165) is 25.7 Å². The Morgan fingerprint density at radius 2 is 1.95 bits per heavy atom. The van der Waals surface area contributed by atoms with E-state index < -0.39 is 5.60 Å². The van der Waals surface area contributed by atoms with Crippen LogP contribution in [0.4, 0.5) is 11.6 Å². The van der Waals surface area contributed by atoms with Gasteiger partial charge in [0.05, 0.1) is 5.60 Å². The number of aliphatic hydroxyl groups is 1. The first-order valence-electron chi connectivity index (χ1n) is 7.41. The maximum Gasteiger partial charge on any atom is 0.158 e. The summed E-state index contributed by atoms with van der Waals surface area (Å²) < 4.78 is 5.02. The molecule has 1 heterocycles. The molecule has 0 aromatic carbocycles. The molecule has 0 unspecified atom stereocenters. The van der Waals surface area contributed by atoms with Crippen LogP contribution in [0.25, 0.3) is 0 Å². The van der Waals surface area contributed by atoms with E-state index in [9.17, 15) is 5.11 Å². The third kappa shape index (κ3) is 4.54. The van der Waals surface area contributed by atoms with Crippen LogP contribution in [0.1, 0.15) is 45.4 Å². The van der Waals surface area contributed by atoms with Gasteiger partial charge in [-0.3, -0.25) is 0 Å². The van der Waals surface area contributed by atoms with Gasteiger partial charge >= 0.3 is 0 Å². The molecule has 0 spiro atoms. The highest BCUT2D eigenvalue weighted by atomic mass is 16.5. The maximum absolute atomic E-state index is 10.6. The lowest BCUT2D eigenvalue weighted by atomic mass is 9.71. The van der Waals surface area contributed by atoms with Gasteiger partial charge in [-0.25, -0.2) is 9.97 Å². The Morgan fingerprint density at radius 1 is 1.29 bits per heavy atom. The van der Waals surface area contributed by atoms with Crippen LogP contribution in [0.5, 0.6) is 0 Å². The molecule has 0 radical (unpaired) electrons. The van der Waals surface area contributed by atoms with Gasteiger partial charge in [-0.05, 0) is 31.1 Å². The van der Waals surface area contributed by atoms with Gasteiger partial charge in [-0.2, -0.15) is 0 Å². The molecule has 0 amide bonds. The van der Waals surface area contributed by atoms with Crippen LogP contribution < -0.4 is 11.1 Å². The van der Waals surface area contributed by atoms with Crippen LogP contribution in [0, 0.1) is 5.41 Å². The molecule has 1 saturated carbocycles. The third-order valence-electron chi connectivity index (χ3n) is 4.20. The molecule has 6 nitrogen and oxygen atoms in total. The van der Waals surface area contributed by atoms with Crippen molar-refractivity contribution in [1.82, 2.24) is 9.97 Å². The molecule has 1 aromatic rings. The van der Waals surface area contributed by atoms with Gasteiger partial charge < -0.3 is 20.9 Å². The minimum atomic E-state index is -0.670. The fraction of sp³-hybridized carbons (Fsp3) is 0.733. The molecular formula is C15H26N4O2. The van der Waals surface area contributed by atoms with E-state index in [1.165, 1.54) is 0 Å². The van der Waals surface area contributed by atoms with Gasteiger partial charge in [-0.1, -0.05) is 13.8 Å². The largest absolute Gasteiger partial charge is 0.388 e. The molecule has 21 heavy (non-hydrogen) atoms. The average Bonchev–Trinajstić information content (AvgIpc) is 2.41. The number of nitrogens with two attached hydrogens (primary N) is 1. The van der Waals surface area contributed by atoms with Crippen molar-refractivity contribution in [3.05, 3.63) is 11.9 Å². The van der Waals surface area contributed by atoms with Crippen molar-refractivity contribution >= 4 is 11.6 Å². The lowest BCUT2D eigenvalue weighted by molar-refractivity contribution is -0.0146. The number of nitrogens with zero attached hydrogens (tertiary/aromatic N) is 2. The standard InChI is InChI=1S/C15H26N4O2/c1-14(2)4-6-15(20,7-5-14)10-17-12-8-11(16)18-13(19-12)9-21-3/h8,20H,4-7,9-10H2,1-3H3,(H3,16,17,18,19). The normalized spacial score (nSPS) is 20.2. The second kappa shape index (κ2) is 6.15. The second-order valence-electron chi connectivity index (χ2n) is 6.77. The molecule has 1 fully saturated rings. The quantitative estimate of drug-likeness (QED) is 0.768. The third-order valence-corrected chi connectivity index (χ3v) is 4.20. The fourth-order valence-corrected chi connectivity index (χ4v) is 2.63. The van der Waals surface area contributed by atoms with Crippen molar-refractivity contribution in [2.45, 2.75) is 51.7 Å². The zero-order valence-electron chi connectivity index (χ0n) is 13.1. The molecular weight excluding hydrogens is 268 g/mol. The highest BCUT2D eigenvalue weighted by Gasteiger charge is 2.36. The Balaban J connectivity index is 1.96. The van der Waals surface area contributed by atoms with E-state index in [-0.39, 0.29) is 0 Å². The number of nitrogen functional groups attached to an aromatic ring is 1. The van der Waals surface area contributed by atoms with Crippen molar-refractivity contribution in [3.63, 3.8) is 0 Å². The smallest absolute Gasteiger partial charge is 0.158 e. The van der Waals surface area contributed by atoms with Crippen LogP contribution in [0.15, 0.2) is 6.07 Å². The minimum Gasteiger partial charge on any atom is -0.388 e. The van der Waals surface area contributed by atoms with Crippen molar-refractivity contribution < 1.29 is 9.84 Å². The van der Waals surface area contributed by atoms with Gasteiger partial charge in [0.1, 0.15) is 18.2 Å². The Morgan fingerprint density at radius 3 is 2.57 bits per heavy atom. The minimum absolute atomic E-state index is 0.318. The summed E-state index contributed by atoms with van der Waals surface area (Å²) in [7, 11) is 1.59. The van der Waals surface area contributed by atoms with E-state index in [2.05, 4.69) is 29.1 Å². The predicted molar refractivity (Wildman–Crippen MR) is 82.8 cm³/mol. The van der Waals surface area contributed by atoms with E-state index in [0.29, 0.717) is 36.0 Å². The first-order chi connectivity index (χ1) is 9.82. The van der Waals surface area contributed by atoms with E-state index in [1.807, 2.05) is 0 Å². The van der Waals surface area contributed by atoms with Crippen molar-refractivity contribution in [3.8, 4) is 0 Å². The van der Waals surface area contributed by atoms with Gasteiger partial charge in [0.25, 0.3) is 0 Å². The number of hydrogen-bond donors (Lipinski definition) is 3. The van der Waals surface area contributed by atoms with Gasteiger partial charge in [0.2, 0.25) is 0 Å². The number of hydrogen-bond acceptors (Lipinski definition) is 6. The predicted octanol–water partition coefficient (Wildman–Crippen LogP) is 1.95. The van der Waals surface area contributed by atoms with E-state index in [1.54, 1.807) is 13.2 Å². The number of rotatable bonds is 5. The molecule has 1 aliphatic rings. The summed E-state index contributed by atoms with van der Waals surface area (Å²) in [5.41, 5.74) is 5.42. The zero-order valence-corrected chi connectivity index (χ0v) is 13.1. The number of anilines is 2. The zero-order chi connectivity index (χ0) is 15.5. The van der Waals surface area contributed by atoms with Crippen LogP contribution in [-0.2, 0) is 11.3 Å². The molecule has 0 saturated heterocycles.